The summed E-state index contributed by atoms with van der Waals surface area (Å²) in [5, 5.41) is 15.6. The Bertz CT molecular complexity index is 1110. The lowest BCUT2D eigenvalue weighted by Crippen LogP contribution is -1.98. The Hall–Kier alpha value is -3.15. The van der Waals surface area contributed by atoms with Gasteiger partial charge < -0.3 is 9.72 Å². The Morgan fingerprint density at radius 1 is 1.04 bits per heavy atom. The van der Waals surface area contributed by atoms with Gasteiger partial charge >= 0.3 is 0 Å². The molecule has 1 aliphatic carbocycles. The Morgan fingerprint density at radius 2 is 1.92 bits per heavy atom. The zero-order valence-corrected chi connectivity index (χ0v) is 14.8. The normalized spacial score (nSPS) is 13.3. The monoisotopic (exact) mass is 345 g/mol. The van der Waals surface area contributed by atoms with Crippen LogP contribution in [0.3, 0.4) is 0 Å². The van der Waals surface area contributed by atoms with Gasteiger partial charge in [0.25, 0.3) is 0 Å². The zero-order chi connectivity index (χ0) is 17.7. The number of hydrogen-bond acceptors (Lipinski definition) is 4. The van der Waals surface area contributed by atoms with Crippen molar-refractivity contribution < 1.29 is 4.74 Å². The number of rotatable bonds is 3. The predicted molar refractivity (Wildman–Crippen MR) is 99.5 cm³/mol. The molecule has 0 bridgehead atoms. The number of benzene rings is 2. The molecule has 0 spiro atoms. The number of fused-ring (bicyclic) bond motifs is 2. The van der Waals surface area contributed by atoms with E-state index < -0.39 is 0 Å². The van der Waals surface area contributed by atoms with Crippen molar-refractivity contribution in [1.82, 2.24) is 25.6 Å². The summed E-state index contributed by atoms with van der Waals surface area (Å²) < 4.78 is 6.38. The average Bonchev–Trinajstić information content (AvgIpc) is 3.39. The molecule has 2 aromatic heterocycles. The molecule has 0 saturated heterocycles. The molecule has 0 fully saturated rings. The first kappa shape index (κ1) is 15.1. The van der Waals surface area contributed by atoms with Crippen molar-refractivity contribution in [3.8, 4) is 22.9 Å². The fourth-order valence-corrected chi connectivity index (χ4v) is 3.95. The summed E-state index contributed by atoms with van der Waals surface area (Å²) in [5.41, 5.74) is 7.11. The molecule has 0 amide bonds. The molecular weight excluding hydrogens is 326 g/mol. The molecular formula is C20H19N5O. The predicted octanol–water partition coefficient (Wildman–Crippen LogP) is 4.25. The summed E-state index contributed by atoms with van der Waals surface area (Å²) in [6.07, 6.45) is 5.20. The first-order valence-electron chi connectivity index (χ1n) is 8.86. The van der Waals surface area contributed by atoms with Gasteiger partial charge in [-0.25, -0.2) is 5.10 Å². The molecule has 0 unspecified atom stereocenters. The Morgan fingerprint density at radius 3 is 2.77 bits per heavy atom. The third kappa shape index (κ3) is 2.29. The van der Waals surface area contributed by atoms with E-state index in [2.05, 4.69) is 57.7 Å². The summed E-state index contributed by atoms with van der Waals surface area (Å²) in [6.45, 7) is 4.19. The molecule has 0 radical (unpaired) electrons. The fraction of sp³-hybridized carbons (Fsp3) is 0.250. The first-order chi connectivity index (χ1) is 12.7. The molecule has 2 N–H and O–H groups in total. The number of nitrogens with one attached hydrogen (secondary N) is 2. The molecule has 6 heteroatoms. The standard InChI is InChI=1S/C20H19N5O/c1-11-8-17(20-22-24-25-23-20)14-4-3-5-15(14)19(11)26-13-6-7-18-16(9-13)12(2)10-21-18/h6-10,21H,3-5H2,1-2H3,(H,22,23,24,25). The highest BCUT2D eigenvalue weighted by atomic mass is 16.5. The molecule has 0 saturated carbocycles. The number of aromatic nitrogens is 5. The average molecular weight is 345 g/mol. The van der Waals surface area contributed by atoms with Crippen molar-refractivity contribution in [1.29, 1.82) is 0 Å². The summed E-state index contributed by atoms with van der Waals surface area (Å²) in [7, 11) is 0. The van der Waals surface area contributed by atoms with Crippen molar-refractivity contribution >= 4 is 10.9 Å². The number of ether oxygens (including phenoxy) is 1. The van der Waals surface area contributed by atoms with E-state index in [4.69, 9.17) is 4.74 Å². The zero-order valence-electron chi connectivity index (χ0n) is 14.8. The molecule has 1 aliphatic rings. The van der Waals surface area contributed by atoms with Crippen LogP contribution in [0.25, 0.3) is 22.3 Å². The minimum Gasteiger partial charge on any atom is -0.457 e. The van der Waals surface area contributed by atoms with Crippen molar-refractivity contribution in [2.75, 3.05) is 0 Å². The van der Waals surface area contributed by atoms with E-state index in [-0.39, 0.29) is 0 Å². The van der Waals surface area contributed by atoms with Gasteiger partial charge in [-0.15, -0.1) is 5.10 Å². The van der Waals surface area contributed by atoms with Crippen molar-refractivity contribution in [2.24, 2.45) is 0 Å². The maximum absolute atomic E-state index is 6.38. The smallest absolute Gasteiger partial charge is 0.179 e. The number of aromatic amines is 2. The highest BCUT2D eigenvalue weighted by Gasteiger charge is 2.24. The maximum Gasteiger partial charge on any atom is 0.179 e. The van der Waals surface area contributed by atoms with Crippen LogP contribution in [0.5, 0.6) is 11.5 Å². The maximum atomic E-state index is 6.38. The lowest BCUT2D eigenvalue weighted by atomic mass is 9.98. The lowest BCUT2D eigenvalue weighted by Gasteiger charge is -2.16. The number of nitrogens with zero attached hydrogens (tertiary/aromatic N) is 3. The van der Waals surface area contributed by atoms with Gasteiger partial charge in [-0.1, -0.05) is 0 Å². The molecule has 2 aromatic carbocycles. The minimum absolute atomic E-state index is 0.724. The molecule has 130 valence electrons. The van der Waals surface area contributed by atoms with E-state index in [1.807, 2.05) is 12.3 Å². The van der Waals surface area contributed by atoms with Gasteiger partial charge in [-0.3, -0.25) is 0 Å². The van der Waals surface area contributed by atoms with E-state index in [1.165, 1.54) is 22.1 Å². The second kappa shape index (κ2) is 5.69. The summed E-state index contributed by atoms with van der Waals surface area (Å²) in [5.74, 6) is 2.56. The molecule has 2 heterocycles. The SMILES string of the molecule is Cc1cc(-c2nnn[nH]2)c2c(c1Oc1ccc3[nH]cc(C)c3c1)CCC2. The van der Waals surface area contributed by atoms with Gasteiger partial charge in [-0.05, 0) is 90.1 Å². The Balaban J connectivity index is 1.60. The molecule has 0 atom stereocenters. The largest absolute Gasteiger partial charge is 0.457 e. The van der Waals surface area contributed by atoms with Crippen molar-refractivity contribution in [3.05, 3.63) is 52.7 Å². The van der Waals surface area contributed by atoms with Crippen LogP contribution >= 0.6 is 0 Å². The van der Waals surface area contributed by atoms with E-state index >= 15 is 0 Å². The second-order valence-corrected chi connectivity index (χ2v) is 6.91. The number of aryl methyl sites for hydroxylation is 2. The highest BCUT2D eigenvalue weighted by molar-refractivity contribution is 5.84. The van der Waals surface area contributed by atoms with Gasteiger partial charge in [0.1, 0.15) is 11.5 Å². The summed E-state index contributed by atoms with van der Waals surface area (Å²) >= 11 is 0. The second-order valence-electron chi connectivity index (χ2n) is 6.91. The van der Waals surface area contributed by atoms with Crippen LogP contribution in [0, 0.1) is 13.8 Å². The highest BCUT2D eigenvalue weighted by Crippen LogP contribution is 2.41. The van der Waals surface area contributed by atoms with Crippen LogP contribution < -0.4 is 4.74 Å². The van der Waals surface area contributed by atoms with E-state index in [9.17, 15) is 0 Å². The number of H-pyrrole nitrogens is 2. The van der Waals surface area contributed by atoms with Crippen LogP contribution in [0.15, 0.2) is 30.5 Å². The van der Waals surface area contributed by atoms with E-state index in [0.29, 0.717) is 0 Å². The number of hydrogen-bond donors (Lipinski definition) is 2. The summed E-state index contributed by atoms with van der Waals surface area (Å²) in [6, 6.07) is 8.33. The van der Waals surface area contributed by atoms with Gasteiger partial charge in [0, 0.05) is 22.7 Å². The Kier molecular flexibility index (Phi) is 3.31. The van der Waals surface area contributed by atoms with Crippen LogP contribution in [0.1, 0.15) is 28.7 Å². The quantitative estimate of drug-likeness (QED) is 0.582. The minimum atomic E-state index is 0.724. The van der Waals surface area contributed by atoms with Gasteiger partial charge in [0.05, 0.1) is 0 Å². The van der Waals surface area contributed by atoms with Gasteiger partial charge in [-0.2, -0.15) is 0 Å². The fourth-order valence-electron chi connectivity index (χ4n) is 3.95. The molecule has 5 rings (SSSR count). The molecule has 0 aliphatic heterocycles. The third-order valence-electron chi connectivity index (χ3n) is 5.22. The molecule has 26 heavy (non-hydrogen) atoms. The van der Waals surface area contributed by atoms with E-state index in [0.717, 1.165) is 53.2 Å². The third-order valence-corrected chi connectivity index (χ3v) is 5.22. The van der Waals surface area contributed by atoms with Crippen LogP contribution in [-0.4, -0.2) is 25.6 Å². The van der Waals surface area contributed by atoms with E-state index in [1.54, 1.807) is 0 Å². The topological polar surface area (TPSA) is 79.5 Å². The van der Waals surface area contributed by atoms with Crippen LogP contribution in [-0.2, 0) is 12.8 Å². The Labute approximate surface area is 150 Å². The van der Waals surface area contributed by atoms with Crippen molar-refractivity contribution in [2.45, 2.75) is 33.1 Å². The van der Waals surface area contributed by atoms with Crippen molar-refractivity contribution in [3.63, 3.8) is 0 Å². The summed E-state index contributed by atoms with van der Waals surface area (Å²) in [4.78, 5) is 3.28. The molecule has 4 aromatic rings. The number of tetrazole rings is 1. The van der Waals surface area contributed by atoms with Crippen LogP contribution in [0.4, 0.5) is 0 Å². The van der Waals surface area contributed by atoms with Crippen LogP contribution in [0.2, 0.25) is 0 Å². The van der Waals surface area contributed by atoms with Gasteiger partial charge in [0.2, 0.25) is 0 Å². The van der Waals surface area contributed by atoms with Gasteiger partial charge in [0.15, 0.2) is 5.82 Å². The lowest BCUT2D eigenvalue weighted by molar-refractivity contribution is 0.474. The molecule has 6 nitrogen and oxygen atoms in total. The first-order valence-corrected chi connectivity index (χ1v) is 8.86.